The monoisotopic (exact) mass is 469 g/mol. The first-order chi connectivity index (χ1) is 16.5. The predicted octanol–water partition coefficient (Wildman–Crippen LogP) is 4.39. The van der Waals surface area contributed by atoms with Crippen LogP contribution in [0.4, 0.5) is 8.78 Å². The topological polar surface area (TPSA) is 61.4 Å². The number of unbranched alkanes of at least 4 members (excludes halogenated alkanes) is 1. The molecule has 2 aliphatic rings. The number of nitrogens with zero attached hydrogens (tertiary/aromatic N) is 1. The van der Waals surface area contributed by atoms with Crippen molar-refractivity contribution in [2.45, 2.75) is 62.9 Å². The van der Waals surface area contributed by atoms with Gasteiger partial charge in [-0.2, -0.15) is 0 Å². The third-order valence-corrected chi connectivity index (χ3v) is 6.79. The number of nitrogens with one attached hydrogen (secondary N) is 2. The SMILES string of the molecule is O=C(N[C@@H](CCCCN[C@@H]1C[C@H]1c1ccc(F)cc1)C(=O)N1CCCCC1)c1ccc(F)cc1. The normalized spacial score (nSPS) is 20.6. The summed E-state index contributed by atoms with van der Waals surface area (Å²) in [4.78, 5) is 27.7. The lowest BCUT2D eigenvalue weighted by atomic mass is 10.0. The average Bonchev–Trinajstić information content (AvgIpc) is 3.63. The first-order valence-electron chi connectivity index (χ1n) is 12.4. The van der Waals surface area contributed by atoms with Gasteiger partial charge in [-0.05, 0) is 93.5 Å². The summed E-state index contributed by atoms with van der Waals surface area (Å²) in [5, 5.41) is 6.44. The van der Waals surface area contributed by atoms with Gasteiger partial charge in [0.15, 0.2) is 0 Å². The smallest absolute Gasteiger partial charge is 0.251 e. The van der Waals surface area contributed by atoms with Crippen LogP contribution >= 0.6 is 0 Å². The largest absolute Gasteiger partial charge is 0.341 e. The second-order valence-electron chi connectivity index (χ2n) is 9.37. The van der Waals surface area contributed by atoms with Gasteiger partial charge in [-0.25, -0.2) is 8.78 Å². The Morgan fingerprint density at radius 3 is 2.24 bits per heavy atom. The molecule has 0 radical (unpaired) electrons. The standard InChI is InChI=1S/C27H33F2N3O2/c28-21-11-7-19(8-12-21)23-18-25(23)30-15-3-2-6-24(27(34)32-16-4-1-5-17-32)31-26(33)20-9-13-22(29)14-10-20/h7-14,23-25,30H,1-6,15-18H2,(H,31,33)/t23-,24-,25+/m0/s1. The van der Waals surface area contributed by atoms with Crippen molar-refractivity contribution in [3.05, 3.63) is 71.3 Å². The highest BCUT2D eigenvalue weighted by atomic mass is 19.1. The quantitative estimate of drug-likeness (QED) is 0.508. The molecule has 0 unspecified atom stereocenters. The van der Waals surface area contributed by atoms with Gasteiger partial charge in [0.25, 0.3) is 5.91 Å². The summed E-state index contributed by atoms with van der Waals surface area (Å²) >= 11 is 0. The van der Waals surface area contributed by atoms with Gasteiger partial charge in [-0.3, -0.25) is 9.59 Å². The van der Waals surface area contributed by atoms with E-state index in [0.29, 0.717) is 23.9 Å². The highest BCUT2D eigenvalue weighted by molar-refractivity contribution is 5.97. The van der Waals surface area contributed by atoms with Crippen molar-refractivity contribution in [3.63, 3.8) is 0 Å². The molecule has 5 nitrogen and oxygen atoms in total. The third kappa shape index (κ3) is 6.63. The lowest BCUT2D eigenvalue weighted by Gasteiger charge is -2.31. The Hall–Kier alpha value is -2.80. The molecule has 182 valence electrons. The Kier molecular flexibility index (Phi) is 8.27. The summed E-state index contributed by atoms with van der Waals surface area (Å²) in [5.74, 6) is -0.560. The molecule has 1 saturated heterocycles. The molecule has 7 heteroatoms. The van der Waals surface area contributed by atoms with Crippen LogP contribution in [0.3, 0.4) is 0 Å². The number of rotatable bonds is 10. The Bertz CT molecular complexity index is 959. The molecular formula is C27H33F2N3O2. The number of piperidine rings is 1. The highest BCUT2D eigenvalue weighted by Gasteiger charge is 2.37. The van der Waals surface area contributed by atoms with Crippen LogP contribution in [0.1, 0.15) is 66.8 Å². The second-order valence-corrected chi connectivity index (χ2v) is 9.37. The Balaban J connectivity index is 1.25. The lowest BCUT2D eigenvalue weighted by molar-refractivity contribution is -0.134. The van der Waals surface area contributed by atoms with Crippen molar-refractivity contribution < 1.29 is 18.4 Å². The predicted molar refractivity (Wildman–Crippen MR) is 127 cm³/mol. The minimum absolute atomic E-state index is 0.0262. The van der Waals surface area contributed by atoms with Gasteiger partial charge in [-0.1, -0.05) is 12.1 Å². The Morgan fingerprint density at radius 2 is 1.56 bits per heavy atom. The van der Waals surface area contributed by atoms with Crippen molar-refractivity contribution in [1.82, 2.24) is 15.5 Å². The number of halogens is 2. The Morgan fingerprint density at radius 1 is 0.912 bits per heavy atom. The first kappa shape index (κ1) is 24.3. The van der Waals surface area contributed by atoms with E-state index in [-0.39, 0.29) is 17.6 Å². The van der Waals surface area contributed by atoms with E-state index in [1.165, 1.54) is 36.4 Å². The van der Waals surface area contributed by atoms with E-state index in [4.69, 9.17) is 0 Å². The van der Waals surface area contributed by atoms with Crippen molar-refractivity contribution in [3.8, 4) is 0 Å². The van der Waals surface area contributed by atoms with Gasteiger partial charge in [0.05, 0.1) is 0 Å². The van der Waals surface area contributed by atoms with Crippen LogP contribution in [0.2, 0.25) is 0 Å². The molecule has 2 aromatic carbocycles. The van der Waals surface area contributed by atoms with Gasteiger partial charge >= 0.3 is 0 Å². The maximum Gasteiger partial charge on any atom is 0.251 e. The molecule has 1 aliphatic carbocycles. The number of hydrogen-bond acceptors (Lipinski definition) is 3. The zero-order valence-corrected chi connectivity index (χ0v) is 19.4. The van der Waals surface area contributed by atoms with Gasteiger partial charge in [0.1, 0.15) is 17.7 Å². The van der Waals surface area contributed by atoms with E-state index < -0.39 is 11.9 Å². The minimum atomic E-state index is -0.580. The molecule has 1 saturated carbocycles. The number of carbonyl (C=O) groups excluding carboxylic acids is 2. The van der Waals surface area contributed by atoms with Crippen molar-refractivity contribution in [2.75, 3.05) is 19.6 Å². The van der Waals surface area contributed by atoms with Crippen LogP contribution in [-0.2, 0) is 4.79 Å². The molecule has 0 spiro atoms. The summed E-state index contributed by atoms with van der Waals surface area (Å²) in [6.07, 6.45) is 6.42. The molecule has 3 atom stereocenters. The lowest BCUT2D eigenvalue weighted by Crippen LogP contribution is -2.50. The number of benzene rings is 2. The molecule has 0 bridgehead atoms. The van der Waals surface area contributed by atoms with Crippen LogP contribution in [0.25, 0.3) is 0 Å². The summed E-state index contributed by atoms with van der Waals surface area (Å²) < 4.78 is 26.3. The summed E-state index contributed by atoms with van der Waals surface area (Å²) in [5.41, 5.74) is 1.51. The van der Waals surface area contributed by atoms with Gasteiger partial charge in [-0.15, -0.1) is 0 Å². The van der Waals surface area contributed by atoms with Gasteiger partial charge in [0, 0.05) is 30.6 Å². The molecule has 2 amide bonds. The zero-order chi connectivity index (χ0) is 23.9. The second kappa shape index (κ2) is 11.6. The Labute approximate surface area is 199 Å². The molecule has 4 rings (SSSR count). The molecule has 1 heterocycles. The molecule has 2 fully saturated rings. The molecule has 1 aliphatic heterocycles. The number of hydrogen-bond donors (Lipinski definition) is 2. The molecular weight excluding hydrogens is 436 g/mol. The highest BCUT2D eigenvalue weighted by Crippen LogP contribution is 2.40. The van der Waals surface area contributed by atoms with Crippen LogP contribution in [-0.4, -0.2) is 48.4 Å². The fourth-order valence-corrected chi connectivity index (χ4v) is 4.69. The van der Waals surface area contributed by atoms with Crippen LogP contribution in [0.15, 0.2) is 48.5 Å². The van der Waals surface area contributed by atoms with Crippen LogP contribution in [0.5, 0.6) is 0 Å². The van der Waals surface area contributed by atoms with E-state index in [0.717, 1.165) is 63.7 Å². The maximum atomic E-state index is 13.2. The van der Waals surface area contributed by atoms with E-state index >= 15 is 0 Å². The number of likely N-dealkylation sites (tertiary alicyclic amines) is 1. The minimum Gasteiger partial charge on any atom is -0.341 e. The van der Waals surface area contributed by atoms with Crippen LogP contribution in [0, 0.1) is 11.6 Å². The van der Waals surface area contributed by atoms with Gasteiger partial charge < -0.3 is 15.5 Å². The fraction of sp³-hybridized carbons (Fsp3) is 0.481. The summed E-state index contributed by atoms with van der Waals surface area (Å²) in [7, 11) is 0. The zero-order valence-electron chi connectivity index (χ0n) is 19.4. The number of carbonyl (C=O) groups is 2. The van der Waals surface area contributed by atoms with E-state index in [2.05, 4.69) is 10.6 Å². The molecule has 2 aromatic rings. The van der Waals surface area contributed by atoms with Crippen molar-refractivity contribution >= 4 is 11.8 Å². The third-order valence-electron chi connectivity index (χ3n) is 6.79. The maximum absolute atomic E-state index is 13.2. The summed E-state index contributed by atoms with van der Waals surface area (Å²) in [6, 6.07) is 11.9. The van der Waals surface area contributed by atoms with Crippen molar-refractivity contribution in [2.24, 2.45) is 0 Å². The van der Waals surface area contributed by atoms with Gasteiger partial charge in [0.2, 0.25) is 5.91 Å². The number of amides is 2. The van der Waals surface area contributed by atoms with Crippen LogP contribution < -0.4 is 10.6 Å². The summed E-state index contributed by atoms with van der Waals surface area (Å²) in [6.45, 7) is 2.30. The molecule has 2 N–H and O–H groups in total. The van der Waals surface area contributed by atoms with E-state index in [1.54, 1.807) is 0 Å². The van der Waals surface area contributed by atoms with E-state index in [9.17, 15) is 18.4 Å². The molecule has 0 aromatic heterocycles. The average molecular weight is 470 g/mol. The fourth-order valence-electron chi connectivity index (χ4n) is 4.69. The first-order valence-corrected chi connectivity index (χ1v) is 12.4. The molecule has 34 heavy (non-hydrogen) atoms. The van der Waals surface area contributed by atoms with E-state index in [1.807, 2.05) is 17.0 Å². The van der Waals surface area contributed by atoms with Crippen molar-refractivity contribution in [1.29, 1.82) is 0 Å².